The van der Waals surface area contributed by atoms with E-state index < -0.39 is 10.0 Å². The molecule has 1 fully saturated rings. The first kappa shape index (κ1) is 12.2. The molecule has 94 valence electrons. The molecule has 0 spiro atoms. The van der Waals surface area contributed by atoms with E-state index in [2.05, 4.69) is 0 Å². The van der Waals surface area contributed by atoms with Gasteiger partial charge >= 0.3 is 0 Å². The molecular weight excluding hydrogens is 240 g/mol. The third-order valence-electron chi connectivity index (χ3n) is 2.76. The molecule has 0 aliphatic carbocycles. The van der Waals surface area contributed by atoms with Gasteiger partial charge in [-0.2, -0.15) is 4.31 Å². The molecule has 1 aliphatic rings. The lowest BCUT2D eigenvalue weighted by molar-refractivity contribution is 0.215. The van der Waals surface area contributed by atoms with Gasteiger partial charge in [-0.25, -0.2) is 8.42 Å². The zero-order valence-electron chi connectivity index (χ0n) is 9.67. The predicted molar refractivity (Wildman–Crippen MR) is 66.3 cm³/mol. The maximum Gasteiger partial charge on any atom is 0.211 e. The number of ether oxygens (including phenoxy) is 1. The minimum atomic E-state index is -3.10. The van der Waals surface area contributed by atoms with E-state index in [1.807, 2.05) is 0 Å². The molecule has 1 saturated heterocycles. The molecule has 0 saturated carbocycles. The number of nitrogens with zero attached hydrogens (tertiary/aromatic N) is 1. The number of rotatable bonds is 3. The van der Waals surface area contributed by atoms with Crippen LogP contribution in [-0.4, -0.2) is 38.2 Å². The molecule has 2 N–H and O–H groups in total. The SMILES string of the molecule is CS(=O)(=O)N1CC[C@H](Oc2ccc(N)cc2)C1. The smallest absolute Gasteiger partial charge is 0.211 e. The van der Waals surface area contributed by atoms with E-state index in [0.717, 1.165) is 12.2 Å². The Morgan fingerprint density at radius 1 is 1.35 bits per heavy atom. The van der Waals surface area contributed by atoms with Crippen LogP contribution in [0, 0.1) is 0 Å². The molecular formula is C11H16N2O3S. The van der Waals surface area contributed by atoms with Crippen molar-refractivity contribution in [3.63, 3.8) is 0 Å². The second kappa shape index (κ2) is 4.54. The van der Waals surface area contributed by atoms with Crippen molar-refractivity contribution in [1.29, 1.82) is 0 Å². The third-order valence-corrected chi connectivity index (χ3v) is 4.03. The molecule has 0 amide bonds. The number of benzene rings is 1. The average molecular weight is 256 g/mol. The second-order valence-corrected chi connectivity index (χ2v) is 6.20. The quantitative estimate of drug-likeness (QED) is 0.807. The summed E-state index contributed by atoms with van der Waals surface area (Å²) in [4.78, 5) is 0. The van der Waals surface area contributed by atoms with E-state index >= 15 is 0 Å². The van der Waals surface area contributed by atoms with Crippen LogP contribution < -0.4 is 10.5 Å². The highest BCUT2D eigenvalue weighted by molar-refractivity contribution is 7.88. The van der Waals surface area contributed by atoms with Gasteiger partial charge < -0.3 is 10.5 Å². The van der Waals surface area contributed by atoms with Crippen LogP contribution in [0.3, 0.4) is 0 Å². The molecule has 1 atom stereocenters. The van der Waals surface area contributed by atoms with Crippen molar-refractivity contribution < 1.29 is 13.2 Å². The van der Waals surface area contributed by atoms with Crippen LogP contribution in [0.5, 0.6) is 5.75 Å². The van der Waals surface area contributed by atoms with E-state index in [9.17, 15) is 8.42 Å². The first-order valence-electron chi connectivity index (χ1n) is 5.42. The summed E-state index contributed by atoms with van der Waals surface area (Å²) in [5.41, 5.74) is 6.25. The van der Waals surface area contributed by atoms with Gasteiger partial charge in [0.15, 0.2) is 0 Å². The molecule has 0 radical (unpaired) electrons. The molecule has 1 aromatic rings. The van der Waals surface area contributed by atoms with E-state index in [1.54, 1.807) is 24.3 Å². The Morgan fingerprint density at radius 2 is 2.00 bits per heavy atom. The topological polar surface area (TPSA) is 72.6 Å². The summed E-state index contributed by atoms with van der Waals surface area (Å²) < 4.78 is 29.8. The molecule has 1 aromatic carbocycles. The van der Waals surface area contributed by atoms with Crippen LogP contribution in [0.1, 0.15) is 6.42 Å². The van der Waals surface area contributed by atoms with E-state index in [-0.39, 0.29) is 6.10 Å². The highest BCUT2D eigenvalue weighted by Gasteiger charge is 2.29. The number of anilines is 1. The maximum absolute atomic E-state index is 11.3. The summed E-state index contributed by atoms with van der Waals surface area (Å²) in [5, 5.41) is 0. The van der Waals surface area contributed by atoms with Crippen molar-refractivity contribution in [3.05, 3.63) is 24.3 Å². The summed E-state index contributed by atoms with van der Waals surface area (Å²) in [6.07, 6.45) is 1.86. The Balaban J connectivity index is 1.96. The number of nitrogens with two attached hydrogens (primary N) is 1. The van der Waals surface area contributed by atoms with Crippen LogP contribution in [0.2, 0.25) is 0 Å². The normalized spacial score (nSPS) is 21.6. The minimum Gasteiger partial charge on any atom is -0.489 e. The third kappa shape index (κ3) is 3.10. The Morgan fingerprint density at radius 3 is 2.53 bits per heavy atom. The van der Waals surface area contributed by atoms with Gasteiger partial charge in [0.2, 0.25) is 10.0 Å². The molecule has 1 aliphatic heterocycles. The van der Waals surface area contributed by atoms with Crippen LogP contribution in [0.25, 0.3) is 0 Å². The highest BCUT2D eigenvalue weighted by atomic mass is 32.2. The second-order valence-electron chi connectivity index (χ2n) is 4.22. The Labute approximate surface area is 101 Å². The van der Waals surface area contributed by atoms with Gasteiger partial charge in [0.25, 0.3) is 0 Å². The largest absolute Gasteiger partial charge is 0.489 e. The molecule has 1 heterocycles. The lowest BCUT2D eigenvalue weighted by Gasteiger charge is -2.15. The summed E-state index contributed by atoms with van der Waals surface area (Å²) in [6.45, 7) is 0.946. The zero-order chi connectivity index (χ0) is 12.5. The van der Waals surface area contributed by atoms with Crippen molar-refractivity contribution in [2.45, 2.75) is 12.5 Å². The number of sulfonamides is 1. The highest BCUT2D eigenvalue weighted by Crippen LogP contribution is 2.20. The molecule has 0 bridgehead atoms. The van der Waals surface area contributed by atoms with E-state index in [0.29, 0.717) is 18.8 Å². The number of nitrogen functional groups attached to an aromatic ring is 1. The van der Waals surface area contributed by atoms with Gasteiger partial charge in [-0.3, -0.25) is 0 Å². The molecule has 5 nitrogen and oxygen atoms in total. The minimum absolute atomic E-state index is 0.0756. The summed E-state index contributed by atoms with van der Waals surface area (Å²) in [5.74, 6) is 0.722. The fourth-order valence-electron chi connectivity index (χ4n) is 1.83. The van der Waals surface area contributed by atoms with Gasteiger partial charge in [-0.1, -0.05) is 0 Å². The number of hydrogen-bond donors (Lipinski definition) is 1. The van der Waals surface area contributed by atoms with E-state index in [1.165, 1.54) is 10.6 Å². The van der Waals surface area contributed by atoms with Crippen molar-refractivity contribution in [3.8, 4) is 5.75 Å². The van der Waals surface area contributed by atoms with Crippen LogP contribution >= 0.6 is 0 Å². The average Bonchev–Trinajstić information content (AvgIpc) is 2.69. The van der Waals surface area contributed by atoms with Crippen molar-refractivity contribution in [1.82, 2.24) is 4.31 Å². The fraction of sp³-hybridized carbons (Fsp3) is 0.455. The summed E-state index contributed by atoms with van der Waals surface area (Å²) in [7, 11) is -3.10. The van der Waals surface area contributed by atoms with Crippen molar-refractivity contribution in [2.75, 3.05) is 25.1 Å². The maximum atomic E-state index is 11.3. The van der Waals surface area contributed by atoms with Crippen LogP contribution in [0.4, 0.5) is 5.69 Å². The monoisotopic (exact) mass is 256 g/mol. The molecule has 17 heavy (non-hydrogen) atoms. The predicted octanol–water partition coefficient (Wildman–Crippen LogP) is 0.681. The Bertz CT molecular complexity index is 484. The summed E-state index contributed by atoms with van der Waals surface area (Å²) >= 11 is 0. The van der Waals surface area contributed by atoms with Crippen LogP contribution in [-0.2, 0) is 10.0 Å². The van der Waals surface area contributed by atoms with Gasteiger partial charge in [-0.05, 0) is 30.7 Å². The molecule has 0 unspecified atom stereocenters. The lowest BCUT2D eigenvalue weighted by Crippen LogP contribution is -2.29. The standard InChI is InChI=1S/C11H16N2O3S/c1-17(14,15)13-7-6-11(8-13)16-10-4-2-9(12)3-5-10/h2-5,11H,6-8,12H2,1H3/t11-/m0/s1. The molecule has 6 heteroatoms. The number of hydrogen-bond acceptors (Lipinski definition) is 4. The van der Waals surface area contributed by atoms with Gasteiger partial charge in [0.05, 0.1) is 12.8 Å². The first-order valence-corrected chi connectivity index (χ1v) is 7.27. The zero-order valence-corrected chi connectivity index (χ0v) is 10.5. The molecule has 0 aromatic heterocycles. The van der Waals surface area contributed by atoms with Crippen LogP contribution in [0.15, 0.2) is 24.3 Å². The summed E-state index contributed by atoms with van der Waals surface area (Å²) in [6, 6.07) is 7.11. The Kier molecular flexibility index (Phi) is 3.26. The van der Waals surface area contributed by atoms with E-state index in [4.69, 9.17) is 10.5 Å². The lowest BCUT2D eigenvalue weighted by atomic mass is 10.3. The van der Waals surface area contributed by atoms with Crippen molar-refractivity contribution in [2.24, 2.45) is 0 Å². The van der Waals surface area contributed by atoms with Gasteiger partial charge in [-0.15, -0.1) is 0 Å². The van der Waals surface area contributed by atoms with Gasteiger partial charge in [0.1, 0.15) is 11.9 Å². The molecule has 2 rings (SSSR count). The first-order chi connectivity index (χ1) is 7.95. The fourth-order valence-corrected chi connectivity index (χ4v) is 2.71. The van der Waals surface area contributed by atoms with Crippen molar-refractivity contribution >= 4 is 15.7 Å². The Hall–Kier alpha value is -1.27. The van der Waals surface area contributed by atoms with Gasteiger partial charge in [0, 0.05) is 12.2 Å².